The van der Waals surface area contributed by atoms with Crippen molar-refractivity contribution in [3.8, 4) is 0 Å². The van der Waals surface area contributed by atoms with E-state index in [9.17, 15) is 27.9 Å². The molecule has 1 rings (SSSR count). The zero-order valence-corrected chi connectivity index (χ0v) is 16.9. The van der Waals surface area contributed by atoms with E-state index in [1.807, 2.05) is 0 Å². The quantitative estimate of drug-likeness (QED) is 0.257. The first-order chi connectivity index (χ1) is 13.5. The van der Waals surface area contributed by atoms with E-state index in [4.69, 9.17) is 9.29 Å². The number of aromatic nitrogens is 1. The van der Waals surface area contributed by atoms with Crippen LogP contribution in [0.25, 0.3) is 0 Å². The third kappa shape index (κ3) is 8.98. The van der Waals surface area contributed by atoms with Crippen molar-refractivity contribution in [1.82, 2.24) is 15.6 Å². The van der Waals surface area contributed by atoms with Gasteiger partial charge in [0.05, 0.1) is 17.9 Å². The molecule has 0 aliphatic carbocycles. The van der Waals surface area contributed by atoms with Crippen LogP contribution in [0.3, 0.4) is 0 Å². The molecule has 4 N–H and O–H groups in total. The molecule has 0 saturated heterocycles. The van der Waals surface area contributed by atoms with Gasteiger partial charge in [-0.2, -0.15) is 8.42 Å². The maximum Gasteiger partial charge on any atom is 0.340 e. The van der Waals surface area contributed by atoms with Gasteiger partial charge in [-0.25, -0.2) is 4.79 Å². The highest BCUT2D eigenvalue weighted by Gasteiger charge is 2.38. The Morgan fingerprint density at radius 2 is 1.93 bits per heavy atom. The molecular weight excluding hydrogens is 406 g/mol. The number of nitrogens with one attached hydrogen (secondary N) is 2. The molecule has 0 fully saturated rings. The maximum absolute atomic E-state index is 12.5. The van der Waals surface area contributed by atoms with Crippen molar-refractivity contribution in [2.24, 2.45) is 5.41 Å². The summed E-state index contributed by atoms with van der Waals surface area (Å²) in [5, 5.41) is 14.3. The number of ether oxygens (including phenoxy) is 1. The van der Waals surface area contributed by atoms with Gasteiger partial charge >= 0.3 is 5.97 Å². The van der Waals surface area contributed by atoms with Crippen molar-refractivity contribution in [1.29, 1.82) is 0 Å². The predicted octanol–water partition coefficient (Wildman–Crippen LogP) is -0.864. The van der Waals surface area contributed by atoms with Crippen LogP contribution in [0, 0.1) is 5.41 Å². The Morgan fingerprint density at radius 1 is 1.24 bits per heavy atom. The lowest BCUT2D eigenvalue weighted by molar-refractivity contribution is -0.138. The fourth-order valence-electron chi connectivity index (χ4n) is 2.11. The van der Waals surface area contributed by atoms with Gasteiger partial charge < -0.3 is 20.5 Å². The molecule has 0 radical (unpaired) electrons. The number of carbonyl (C=O) groups excluding carboxylic acids is 3. The van der Waals surface area contributed by atoms with Gasteiger partial charge in [-0.05, 0) is 12.1 Å². The molecule has 1 aromatic rings. The van der Waals surface area contributed by atoms with Crippen LogP contribution in [0.2, 0.25) is 0 Å². The van der Waals surface area contributed by atoms with Crippen LogP contribution in [0.1, 0.15) is 30.6 Å². The van der Waals surface area contributed by atoms with E-state index in [0.717, 1.165) is 0 Å². The number of aliphatic hydroxyl groups is 1. The molecule has 0 aromatic carbocycles. The summed E-state index contributed by atoms with van der Waals surface area (Å²) < 4.78 is 35.0. The number of carbonyl (C=O) groups is 3. The summed E-state index contributed by atoms with van der Waals surface area (Å²) in [6.07, 6.45) is 1.25. The van der Waals surface area contributed by atoms with E-state index >= 15 is 0 Å². The van der Waals surface area contributed by atoms with Gasteiger partial charge in [0.2, 0.25) is 5.91 Å². The zero-order valence-electron chi connectivity index (χ0n) is 16.1. The molecule has 0 bridgehead atoms. The normalized spacial score (nSPS) is 12.7. The second-order valence-corrected chi connectivity index (χ2v) is 8.42. The maximum atomic E-state index is 12.5. The monoisotopic (exact) mass is 431 g/mol. The first-order valence-electron chi connectivity index (χ1n) is 8.67. The summed E-state index contributed by atoms with van der Waals surface area (Å²) in [6.45, 7) is 2.25. The largest absolute Gasteiger partial charge is 0.448 e. The molecule has 162 valence electrons. The molecule has 0 saturated carbocycles. The lowest BCUT2D eigenvalue weighted by atomic mass is 9.86. The summed E-state index contributed by atoms with van der Waals surface area (Å²) in [7, 11) is -4.18. The van der Waals surface area contributed by atoms with Crippen LogP contribution in [-0.2, 0) is 24.4 Å². The van der Waals surface area contributed by atoms with Crippen molar-refractivity contribution >= 4 is 27.9 Å². The summed E-state index contributed by atoms with van der Waals surface area (Å²) in [6, 6.07) is 3.00. The lowest BCUT2D eigenvalue weighted by Gasteiger charge is -2.30. The standard InChI is InChI=1S/C17H25N3O8S/c1-17(2,11-21)14(28-16(24)12-4-3-6-18-10-12)15(23)20-7-5-13(22)19-8-9-29(25,26)27/h3-4,6,10,14,21H,5,7-9,11H2,1-2H3,(H,19,22)(H,20,23)(H,25,26,27). The number of rotatable bonds is 11. The Morgan fingerprint density at radius 3 is 2.48 bits per heavy atom. The third-order valence-electron chi connectivity index (χ3n) is 3.81. The SMILES string of the molecule is CC(C)(CO)C(OC(=O)c1cccnc1)C(=O)NCCC(=O)NCCS(=O)(=O)O. The highest BCUT2D eigenvalue weighted by atomic mass is 32.2. The first kappa shape index (κ1) is 24.5. The van der Waals surface area contributed by atoms with E-state index in [1.54, 1.807) is 0 Å². The fraction of sp³-hybridized carbons (Fsp3) is 0.529. The van der Waals surface area contributed by atoms with Crippen molar-refractivity contribution < 1.29 is 37.2 Å². The number of pyridine rings is 1. The molecule has 2 amide bonds. The summed E-state index contributed by atoms with van der Waals surface area (Å²) in [5.41, 5.74) is -0.961. The summed E-state index contributed by atoms with van der Waals surface area (Å²) in [4.78, 5) is 40.2. The van der Waals surface area contributed by atoms with Crippen molar-refractivity contribution in [3.05, 3.63) is 30.1 Å². The van der Waals surface area contributed by atoms with E-state index in [-0.39, 0.29) is 25.1 Å². The van der Waals surface area contributed by atoms with E-state index in [1.165, 1.54) is 38.4 Å². The predicted molar refractivity (Wildman–Crippen MR) is 101 cm³/mol. The molecule has 0 aliphatic heterocycles. The topological polar surface area (TPSA) is 172 Å². The number of esters is 1. The number of aliphatic hydroxyl groups excluding tert-OH is 1. The smallest absolute Gasteiger partial charge is 0.340 e. The van der Waals surface area contributed by atoms with E-state index in [0.29, 0.717) is 0 Å². The Labute approximate surface area is 168 Å². The van der Waals surface area contributed by atoms with Gasteiger partial charge in [0.15, 0.2) is 6.10 Å². The molecule has 0 spiro atoms. The van der Waals surface area contributed by atoms with Gasteiger partial charge in [0, 0.05) is 37.3 Å². The third-order valence-corrected chi connectivity index (χ3v) is 4.53. The van der Waals surface area contributed by atoms with Gasteiger partial charge in [0.1, 0.15) is 0 Å². The Hall–Kier alpha value is -2.57. The van der Waals surface area contributed by atoms with Crippen molar-refractivity contribution in [2.75, 3.05) is 25.4 Å². The lowest BCUT2D eigenvalue weighted by Crippen LogP contribution is -2.48. The van der Waals surface area contributed by atoms with E-state index < -0.39 is 51.8 Å². The second-order valence-electron chi connectivity index (χ2n) is 6.85. The first-order valence-corrected chi connectivity index (χ1v) is 10.3. The molecule has 12 heteroatoms. The zero-order chi connectivity index (χ0) is 22.1. The molecule has 1 heterocycles. The van der Waals surface area contributed by atoms with Crippen LogP contribution < -0.4 is 10.6 Å². The minimum absolute atomic E-state index is 0.112. The molecule has 11 nitrogen and oxygen atoms in total. The van der Waals surface area contributed by atoms with Crippen molar-refractivity contribution in [2.45, 2.75) is 26.4 Å². The summed E-state index contributed by atoms with van der Waals surface area (Å²) in [5.74, 6) is -2.66. The van der Waals surface area contributed by atoms with Crippen LogP contribution in [0.5, 0.6) is 0 Å². The Balaban J connectivity index is 2.62. The van der Waals surface area contributed by atoms with Crippen LogP contribution in [0.15, 0.2) is 24.5 Å². The highest BCUT2D eigenvalue weighted by molar-refractivity contribution is 7.85. The van der Waals surface area contributed by atoms with E-state index in [2.05, 4.69) is 15.6 Å². The summed E-state index contributed by atoms with van der Waals surface area (Å²) >= 11 is 0. The number of amides is 2. The second kappa shape index (κ2) is 10.8. The molecule has 1 unspecified atom stereocenters. The van der Waals surface area contributed by atoms with Gasteiger partial charge in [0.25, 0.3) is 16.0 Å². The number of hydrogen-bond donors (Lipinski definition) is 4. The molecular formula is C17H25N3O8S. The average molecular weight is 431 g/mol. The van der Waals surface area contributed by atoms with Crippen LogP contribution in [-0.4, -0.2) is 72.4 Å². The molecule has 1 atom stereocenters. The van der Waals surface area contributed by atoms with Gasteiger partial charge in [-0.15, -0.1) is 0 Å². The highest BCUT2D eigenvalue weighted by Crippen LogP contribution is 2.24. The number of hydrogen-bond acceptors (Lipinski definition) is 8. The minimum atomic E-state index is -4.18. The molecule has 0 aliphatic rings. The fourth-order valence-corrected chi connectivity index (χ4v) is 2.47. The van der Waals surface area contributed by atoms with Gasteiger partial charge in [-0.1, -0.05) is 13.8 Å². The minimum Gasteiger partial charge on any atom is -0.448 e. The van der Waals surface area contributed by atoms with Crippen molar-refractivity contribution in [3.63, 3.8) is 0 Å². The Kier molecular flexibility index (Phi) is 9.14. The molecule has 1 aromatic heterocycles. The average Bonchev–Trinajstić information content (AvgIpc) is 2.65. The number of nitrogens with zero attached hydrogens (tertiary/aromatic N) is 1. The van der Waals surface area contributed by atoms with Gasteiger partial charge in [-0.3, -0.25) is 19.1 Å². The van der Waals surface area contributed by atoms with Crippen LogP contribution in [0.4, 0.5) is 0 Å². The molecule has 29 heavy (non-hydrogen) atoms. The Bertz CT molecular complexity index is 811. The van der Waals surface area contributed by atoms with Crippen LogP contribution >= 0.6 is 0 Å².